The number of aliphatic hydroxyl groups is 4. The van der Waals surface area contributed by atoms with Crippen LogP contribution >= 0.6 is 23.2 Å². The van der Waals surface area contributed by atoms with Crippen LogP contribution in [-0.2, 0) is 25.0 Å². The van der Waals surface area contributed by atoms with Gasteiger partial charge in [0, 0.05) is 29.0 Å². The molecule has 0 amide bonds. The maximum Gasteiger partial charge on any atom is 0.260 e. The topological polar surface area (TPSA) is 127 Å². The van der Waals surface area contributed by atoms with Crippen LogP contribution in [0.2, 0.25) is 5.02 Å². The molecule has 7 unspecified atom stereocenters. The summed E-state index contributed by atoms with van der Waals surface area (Å²) in [4.78, 5) is 11.8. The molecule has 6 fully saturated rings. The zero-order chi connectivity index (χ0) is 24.7. The minimum Gasteiger partial charge on any atom is -0.462 e. The van der Waals surface area contributed by atoms with Gasteiger partial charge in [-0.2, -0.15) is 4.89 Å². The Hall–Kier alpha value is -0.720. The van der Waals surface area contributed by atoms with Gasteiger partial charge in [0.25, 0.3) is 5.79 Å². The first-order valence-corrected chi connectivity index (χ1v) is 12.9. The van der Waals surface area contributed by atoms with Crippen molar-refractivity contribution in [2.75, 3.05) is 13.7 Å². The van der Waals surface area contributed by atoms with Crippen LogP contribution in [-0.4, -0.2) is 75.8 Å². The molecule has 2 saturated heterocycles. The van der Waals surface area contributed by atoms with E-state index in [-0.39, 0.29) is 23.0 Å². The Morgan fingerprint density at radius 1 is 1.03 bits per heavy atom. The van der Waals surface area contributed by atoms with Crippen molar-refractivity contribution < 1.29 is 44.4 Å². The van der Waals surface area contributed by atoms with Gasteiger partial charge in [0.1, 0.15) is 30.2 Å². The summed E-state index contributed by atoms with van der Waals surface area (Å²) in [5.74, 6) is 0.359. The van der Waals surface area contributed by atoms with Crippen LogP contribution in [0, 0.1) is 23.7 Å². The molecule has 2 aliphatic heterocycles. The van der Waals surface area contributed by atoms with E-state index in [1.807, 2.05) is 0 Å². The van der Waals surface area contributed by atoms with Crippen molar-refractivity contribution in [2.24, 2.45) is 23.7 Å². The molecule has 11 heteroatoms. The maximum absolute atomic E-state index is 10.4. The Balaban J connectivity index is 1.33. The molecule has 194 valence electrons. The van der Waals surface area contributed by atoms with Crippen molar-refractivity contribution >= 4 is 23.2 Å². The number of aliphatic hydroxyl groups excluding tert-OH is 4. The van der Waals surface area contributed by atoms with Crippen molar-refractivity contribution in [3.05, 3.63) is 28.8 Å². The average molecular weight is 533 g/mol. The molecule has 7 rings (SSSR count). The van der Waals surface area contributed by atoms with Crippen molar-refractivity contribution in [3.63, 3.8) is 0 Å². The van der Waals surface area contributed by atoms with E-state index in [1.165, 1.54) is 6.07 Å². The predicted molar refractivity (Wildman–Crippen MR) is 122 cm³/mol. The summed E-state index contributed by atoms with van der Waals surface area (Å²) in [5, 5.41) is 40.3. The Bertz CT molecular complexity index is 976. The van der Waals surface area contributed by atoms with Crippen molar-refractivity contribution in [3.8, 4) is 5.75 Å². The van der Waals surface area contributed by atoms with Crippen LogP contribution in [0.25, 0.3) is 0 Å². The SMILES string of the molecule is COC1(c2cc(Cl)cc(O[C@@H]3O[C@H](CO)[C@H](O)[C@H](O)[C@H]3O)c2)OOC12C1CC3CC(C1)C(Cl)C2C3. The number of ether oxygens (including phenoxy) is 3. The van der Waals surface area contributed by atoms with Gasteiger partial charge in [-0.15, -0.1) is 11.6 Å². The van der Waals surface area contributed by atoms with Gasteiger partial charge < -0.3 is 34.6 Å². The zero-order valence-electron chi connectivity index (χ0n) is 19.1. The molecule has 4 aliphatic carbocycles. The van der Waals surface area contributed by atoms with Gasteiger partial charge in [-0.1, -0.05) is 11.6 Å². The third-order valence-electron chi connectivity index (χ3n) is 8.87. The summed E-state index contributed by atoms with van der Waals surface area (Å²) in [6.07, 6.45) is -2.96. The van der Waals surface area contributed by atoms with Gasteiger partial charge in [0.05, 0.1) is 6.61 Å². The van der Waals surface area contributed by atoms with Gasteiger partial charge in [-0.3, -0.25) is 0 Å². The molecule has 6 aliphatic rings. The van der Waals surface area contributed by atoms with Crippen molar-refractivity contribution in [1.82, 2.24) is 0 Å². The predicted octanol–water partition coefficient (Wildman–Crippen LogP) is 1.69. The molecule has 1 aromatic rings. The minimum atomic E-state index is -1.56. The van der Waals surface area contributed by atoms with E-state index in [2.05, 4.69) is 0 Å². The molecule has 1 spiro atoms. The lowest BCUT2D eigenvalue weighted by Gasteiger charge is -2.69. The minimum absolute atomic E-state index is 0.0368. The van der Waals surface area contributed by atoms with Crippen LogP contribution in [0.3, 0.4) is 0 Å². The first-order valence-electron chi connectivity index (χ1n) is 12.1. The van der Waals surface area contributed by atoms with Gasteiger partial charge in [0.2, 0.25) is 6.29 Å². The van der Waals surface area contributed by atoms with E-state index in [1.54, 1.807) is 19.2 Å². The van der Waals surface area contributed by atoms with E-state index >= 15 is 0 Å². The first kappa shape index (κ1) is 24.6. The van der Waals surface area contributed by atoms with E-state index < -0.39 is 48.7 Å². The molecule has 2 heterocycles. The quantitative estimate of drug-likeness (QED) is 0.331. The average Bonchev–Trinajstić information content (AvgIpc) is 2.82. The lowest BCUT2D eigenvalue weighted by Crippen LogP contribution is -2.78. The summed E-state index contributed by atoms with van der Waals surface area (Å²) in [6, 6.07) is 4.93. The van der Waals surface area contributed by atoms with Crippen LogP contribution in [0.1, 0.15) is 31.2 Å². The molecule has 4 bridgehead atoms. The molecule has 35 heavy (non-hydrogen) atoms. The number of hydrogen-bond acceptors (Lipinski definition) is 9. The van der Waals surface area contributed by atoms with Crippen LogP contribution in [0.4, 0.5) is 0 Å². The van der Waals surface area contributed by atoms with Gasteiger partial charge in [-0.25, -0.2) is 4.89 Å². The third kappa shape index (κ3) is 3.37. The Labute approximate surface area is 212 Å². The standard InChI is InChI=1S/C24H30Cl2O9/c1-31-24(23(34-35-24)12-3-10-2-11(5-12)18(26)16(23)4-10)13-6-14(25)8-15(7-13)32-22-21(30)20(29)19(28)17(9-27)33-22/h6-8,10-12,16-22,27-30H,2-5,9H2,1H3/t10?,11?,12?,16?,17-,18?,19+,20+,21-,22-,23?,24?/m1/s1. The van der Waals surface area contributed by atoms with E-state index in [0.29, 0.717) is 22.4 Å². The molecule has 12 atom stereocenters. The smallest absolute Gasteiger partial charge is 0.260 e. The number of benzene rings is 1. The largest absolute Gasteiger partial charge is 0.462 e. The first-order chi connectivity index (χ1) is 16.7. The lowest BCUT2D eigenvalue weighted by molar-refractivity contribution is -0.645. The second kappa shape index (κ2) is 8.66. The maximum atomic E-state index is 10.4. The molecule has 4 N–H and O–H groups in total. The molecule has 9 nitrogen and oxygen atoms in total. The molecule has 1 aromatic carbocycles. The molecule has 4 saturated carbocycles. The highest BCUT2D eigenvalue weighted by atomic mass is 35.5. The van der Waals surface area contributed by atoms with Gasteiger partial charge >= 0.3 is 0 Å². The summed E-state index contributed by atoms with van der Waals surface area (Å²) < 4.78 is 17.4. The number of hydrogen-bond donors (Lipinski definition) is 4. The van der Waals surface area contributed by atoms with E-state index in [0.717, 1.165) is 25.7 Å². The second-order valence-corrected chi connectivity index (χ2v) is 11.5. The van der Waals surface area contributed by atoms with E-state index in [9.17, 15) is 20.4 Å². The summed E-state index contributed by atoms with van der Waals surface area (Å²) in [5.41, 5.74) is -0.179. The summed E-state index contributed by atoms with van der Waals surface area (Å²) in [6.45, 7) is -0.559. The Morgan fingerprint density at radius 2 is 1.83 bits per heavy atom. The highest BCUT2D eigenvalue weighted by Crippen LogP contribution is 2.70. The number of halogens is 2. The fraction of sp³-hybridized carbons (Fsp3) is 0.750. The second-order valence-electron chi connectivity index (χ2n) is 10.6. The highest BCUT2D eigenvalue weighted by Gasteiger charge is 2.78. The van der Waals surface area contributed by atoms with Gasteiger partial charge in [-0.05, 0) is 61.6 Å². The van der Waals surface area contributed by atoms with E-state index in [4.69, 9.17) is 47.2 Å². The molecule has 0 aromatic heterocycles. The third-order valence-corrected chi connectivity index (χ3v) is 9.75. The van der Waals surface area contributed by atoms with Crippen LogP contribution in [0.5, 0.6) is 5.75 Å². The normalized spacial score (nSPS) is 50.4. The van der Waals surface area contributed by atoms with Crippen molar-refractivity contribution in [2.45, 2.75) is 73.2 Å². The highest BCUT2D eigenvalue weighted by molar-refractivity contribution is 6.30. The number of methoxy groups -OCH3 is 1. The number of alkyl halides is 1. The van der Waals surface area contributed by atoms with Crippen LogP contribution in [0.15, 0.2) is 18.2 Å². The Morgan fingerprint density at radius 3 is 2.51 bits per heavy atom. The zero-order valence-corrected chi connectivity index (χ0v) is 20.6. The monoisotopic (exact) mass is 532 g/mol. The fourth-order valence-electron chi connectivity index (χ4n) is 7.38. The van der Waals surface area contributed by atoms with Crippen molar-refractivity contribution in [1.29, 1.82) is 0 Å². The lowest BCUT2D eigenvalue weighted by atomic mass is 9.46. The Kier molecular flexibility index (Phi) is 6.09. The molecular formula is C24H30Cl2O9. The number of rotatable bonds is 5. The van der Waals surface area contributed by atoms with Crippen LogP contribution < -0.4 is 4.74 Å². The molecule has 0 radical (unpaired) electrons. The molecular weight excluding hydrogens is 503 g/mol. The van der Waals surface area contributed by atoms with Gasteiger partial charge in [0.15, 0.2) is 5.60 Å². The summed E-state index contributed by atoms with van der Waals surface area (Å²) in [7, 11) is 1.57. The fourth-order valence-corrected chi connectivity index (χ4v) is 8.10. The summed E-state index contributed by atoms with van der Waals surface area (Å²) >= 11 is 13.4.